The molecule has 0 saturated heterocycles. The van der Waals surface area contributed by atoms with Crippen LogP contribution < -0.4 is 5.73 Å². The molecular weight excluding hydrogens is 284 g/mol. The average molecular weight is 297 g/mol. The van der Waals surface area contributed by atoms with Gasteiger partial charge in [-0.2, -0.15) is 11.8 Å². The van der Waals surface area contributed by atoms with Gasteiger partial charge in [-0.3, -0.25) is 4.79 Å². The Kier molecular flexibility index (Phi) is 4.87. The maximum absolute atomic E-state index is 10.6. The van der Waals surface area contributed by atoms with Crippen molar-refractivity contribution in [2.45, 2.75) is 12.2 Å². The van der Waals surface area contributed by atoms with Gasteiger partial charge in [0, 0.05) is 28.8 Å². The molecule has 100 valence electrons. The molecular formula is C13H13ClN2O2S. The van der Waals surface area contributed by atoms with E-state index in [4.69, 9.17) is 21.9 Å². The molecule has 1 aromatic carbocycles. The second kappa shape index (κ2) is 6.63. The minimum atomic E-state index is -0.285. The van der Waals surface area contributed by atoms with Gasteiger partial charge < -0.3 is 10.3 Å². The highest BCUT2D eigenvalue weighted by Crippen LogP contribution is 2.23. The summed E-state index contributed by atoms with van der Waals surface area (Å²) >= 11 is 7.42. The van der Waals surface area contributed by atoms with Crippen molar-refractivity contribution in [1.82, 2.24) is 5.16 Å². The van der Waals surface area contributed by atoms with Crippen LogP contribution >= 0.6 is 23.4 Å². The molecule has 1 amide bonds. The van der Waals surface area contributed by atoms with Gasteiger partial charge >= 0.3 is 0 Å². The first-order valence-corrected chi connectivity index (χ1v) is 7.26. The van der Waals surface area contributed by atoms with Crippen molar-refractivity contribution >= 4 is 29.3 Å². The Morgan fingerprint density at radius 1 is 1.37 bits per heavy atom. The summed E-state index contributed by atoms with van der Waals surface area (Å²) in [7, 11) is 0. The summed E-state index contributed by atoms with van der Waals surface area (Å²) in [5, 5.41) is 4.70. The molecule has 0 spiro atoms. The molecule has 0 aliphatic carbocycles. The van der Waals surface area contributed by atoms with Crippen LogP contribution in [0.3, 0.4) is 0 Å². The lowest BCUT2D eigenvalue weighted by atomic mass is 10.1. The molecule has 0 unspecified atom stereocenters. The Hall–Kier alpha value is -1.46. The zero-order valence-electron chi connectivity index (χ0n) is 10.1. The Morgan fingerprint density at radius 2 is 2.11 bits per heavy atom. The van der Waals surface area contributed by atoms with Crippen molar-refractivity contribution in [2.75, 3.05) is 5.75 Å². The number of rotatable bonds is 6. The summed E-state index contributed by atoms with van der Waals surface area (Å²) in [6.45, 7) is 0. The number of aromatic nitrogens is 1. The van der Waals surface area contributed by atoms with E-state index in [1.807, 2.05) is 30.3 Å². The zero-order chi connectivity index (χ0) is 13.7. The van der Waals surface area contributed by atoms with Crippen molar-refractivity contribution in [3.63, 3.8) is 0 Å². The summed E-state index contributed by atoms with van der Waals surface area (Å²) in [6, 6.07) is 9.30. The van der Waals surface area contributed by atoms with E-state index in [2.05, 4.69) is 5.16 Å². The number of amides is 1. The van der Waals surface area contributed by atoms with E-state index < -0.39 is 0 Å². The molecule has 0 aliphatic heterocycles. The monoisotopic (exact) mass is 296 g/mol. The first-order chi connectivity index (χ1) is 9.15. The van der Waals surface area contributed by atoms with Crippen LogP contribution in [0.2, 0.25) is 5.02 Å². The topological polar surface area (TPSA) is 69.1 Å². The van der Waals surface area contributed by atoms with Gasteiger partial charge in [-0.1, -0.05) is 28.9 Å². The summed E-state index contributed by atoms with van der Waals surface area (Å²) in [4.78, 5) is 10.6. The number of benzene rings is 1. The minimum Gasteiger partial charge on any atom is -0.370 e. The summed E-state index contributed by atoms with van der Waals surface area (Å²) < 4.78 is 5.24. The van der Waals surface area contributed by atoms with Crippen LogP contribution in [0.25, 0.3) is 11.3 Å². The molecule has 0 aliphatic rings. The molecule has 0 fully saturated rings. The fourth-order valence-electron chi connectivity index (χ4n) is 1.48. The molecule has 0 atom stereocenters. The zero-order valence-corrected chi connectivity index (χ0v) is 11.7. The number of thioether (sulfide) groups is 1. The molecule has 2 aromatic rings. The normalized spacial score (nSPS) is 10.6. The van der Waals surface area contributed by atoms with Crippen molar-refractivity contribution in [3.8, 4) is 11.3 Å². The third-order valence-electron chi connectivity index (χ3n) is 2.44. The van der Waals surface area contributed by atoms with Crippen molar-refractivity contribution in [1.29, 1.82) is 0 Å². The van der Waals surface area contributed by atoms with E-state index in [0.29, 0.717) is 22.9 Å². The van der Waals surface area contributed by atoms with Gasteiger partial charge in [-0.15, -0.1) is 0 Å². The van der Waals surface area contributed by atoms with E-state index in [9.17, 15) is 4.79 Å². The fourth-order valence-corrected chi connectivity index (χ4v) is 2.44. The Morgan fingerprint density at radius 3 is 2.79 bits per heavy atom. The van der Waals surface area contributed by atoms with Gasteiger partial charge in [0.25, 0.3) is 0 Å². The van der Waals surface area contributed by atoms with E-state index in [0.717, 1.165) is 17.0 Å². The summed E-state index contributed by atoms with van der Waals surface area (Å²) in [5.41, 5.74) is 6.80. The van der Waals surface area contributed by atoms with Crippen LogP contribution in [0.15, 0.2) is 34.9 Å². The lowest BCUT2D eigenvalue weighted by Crippen LogP contribution is -2.10. The number of hydrogen-bond donors (Lipinski definition) is 1. The number of halogens is 1. The van der Waals surface area contributed by atoms with Crippen molar-refractivity contribution < 1.29 is 9.32 Å². The Bertz CT molecular complexity index is 554. The number of nitrogens with two attached hydrogens (primary N) is 1. The van der Waals surface area contributed by atoms with Crippen LogP contribution in [-0.4, -0.2) is 16.8 Å². The highest BCUT2D eigenvalue weighted by atomic mass is 35.5. The number of carbonyl (C=O) groups excluding carboxylic acids is 1. The molecule has 2 N–H and O–H groups in total. The van der Waals surface area contributed by atoms with Crippen LogP contribution in [0, 0.1) is 0 Å². The molecule has 1 heterocycles. The smallest absolute Gasteiger partial charge is 0.218 e. The average Bonchev–Trinajstić information content (AvgIpc) is 2.84. The van der Waals surface area contributed by atoms with E-state index in [1.165, 1.54) is 0 Å². The predicted octanol–water partition coefficient (Wildman–Crippen LogP) is 3.10. The molecule has 0 saturated carbocycles. The molecule has 6 heteroatoms. The van der Waals surface area contributed by atoms with Gasteiger partial charge in [0.15, 0.2) is 0 Å². The third-order valence-corrected chi connectivity index (χ3v) is 3.67. The molecule has 1 aromatic heterocycles. The van der Waals surface area contributed by atoms with Crippen LogP contribution in [-0.2, 0) is 10.5 Å². The Balaban J connectivity index is 1.91. The third kappa shape index (κ3) is 4.29. The quantitative estimate of drug-likeness (QED) is 0.832. The number of primary amides is 1. The van der Waals surface area contributed by atoms with E-state index in [-0.39, 0.29) is 5.91 Å². The van der Waals surface area contributed by atoms with Crippen LogP contribution in [0.1, 0.15) is 12.2 Å². The standard InChI is InChI=1S/C13H13ClN2O2S/c14-10-3-1-9(2-4-10)12-7-11(18-16-12)8-19-6-5-13(15)17/h1-4,7H,5-6,8H2,(H2,15,17). The number of carbonyl (C=O) groups is 1. The second-order valence-electron chi connectivity index (χ2n) is 3.95. The molecule has 19 heavy (non-hydrogen) atoms. The van der Waals surface area contributed by atoms with Gasteiger partial charge in [0.1, 0.15) is 11.5 Å². The number of nitrogens with zero attached hydrogens (tertiary/aromatic N) is 1. The van der Waals surface area contributed by atoms with Gasteiger partial charge in [-0.05, 0) is 12.1 Å². The molecule has 0 bridgehead atoms. The first-order valence-electron chi connectivity index (χ1n) is 5.73. The summed E-state index contributed by atoms with van der Waals surface area (Å²) in [6.07, 6.45) is 0.378. The Labute approximate surface area is 120 Å². The highest BCUT2D eigenvalue weighted by molar-refractivity contribution is 7.98. The van der Waals surface area contributed by atoms with Crippen LogP contribution in [0.4, 0.5) is 0 Å². The minimum absolute atomic E-state index is 0.285. The summed E-state index contributed by atoms with van der Waals surface area (Å²) in [5.74, 6) is 1.85. The molecule has 2 rings (SSSR count). The molecule has 0 radical (unpaired) electrons. The van der Waals surface area contributed by atoms with Gasteiger partial charge in [0.05, 0.1) is 5.75 Å². The maximum Gasteiger partial charge on any atom is 0.218 e. The van der Waals surface area contributed by atoms with E-state index in [1.54, 1.807) is 11.8 Å². The first kappa shape index (κ1) is 14.0. The fraction of sp³-hybridized carbons (Fsp3) is 0.231. The lowest BCUT2D eigenvalue weighted by molar-refractivity contribution is -0.117. The largest absolute Gasteiger partial charge is 0.370 e. The lowest BCUT2D eigenvalue weighted by Gasteiger charge is -1.95. The van der Waals surface area contributed by atoms with Gasteiger partial charge in [0.2, 0.25) is 5.91 Å². The second-order valence-corrected chi connectivity index (χ2v) is 5.50. The maximum atomic E-state index is 10.6. The van der Waals surface area contributed by atoms with E-state index >= 15 is 0 Å². The SMILES string of the molecule is NC(=O)CCSCc1cc(-c2ccc(Cl)cc2)no1. The van der Waals surface area contributed by atoms with Crippen molar-refractivity contribution in [3.05, 3.63) is 41.1 Å². The highest BCUT2D eigenvalue weighted by Gasteiger charge is 2.06. The van der Waals surface area contributed by atoms with Crippen LogP contribution in [0.5, 0.6) is 0 Å². The van der Waals surface area contributed by atoms with Crippen molar-refractivity contribution in [2.24, 2.45) is 5.73 Å². The predicted molar refractivity (Wildman–Crippen MR) is 76.9 cm³/mol. The number of hydrogen-bond acceptors (Lipinski definition) is 4. The van der Waals surface area contributed by atoms with Gasteiger partial charge in [-0.25, -0.2) is 0 Å². The molecule has 4 nitrogen and oxygen atoms in total.